The first-order valence-electron chi connectivity index (χ1n) is 15.1. The summed E-state index contributed by atoms with van der Waals surface area (Å²) in [6, 6.07) is 20.4. The van der Waals surface area contributed by atoms with E-state index >= 15 is 0 Å². The van der Waals surface area contributed by atoms with Crippen molar-refractivity contribution in [3.05, 3.63) is 94.0 Å². The Bertz CT molecular complexity index is 1560. The molecule has 0 radical (unpaired) electrons. The van der Waals surface area contributed by atoms with E-state index in [0.717, 1.165) is 29.7 Å². The highest BCUT2D eigenvalue weighted by atomic mass is 16.5. The van der Waals surface area contributed by atoms with Gasteiger partial charge >= 0.3 is 6.03 Å². The third-order valence-electron chi connectivity index (χ3n) is 7.81. The predicted octanol–water partition coefficient (Wildman–Crippen LogP) is 8.43. The van der Waals surface area contributed by atoms with E-state index in [4.69, 9.17) is 9.72 Å². The van der Waals surface area contributed by atoms with E-state index in [1.165, 1.54) is 0 Å². The Morgan fingerprint density at radius 3 is 2.19 bits per heavy atom. The number of aromatic nitrogens is 2. The number of benzene rings is 3. The van der Waals surface area contributed by atoms with E-state index in [9.17, 15) is 9.59 Å². The Balaban J connectivity index is 1.92. The standard InChI is InChI=1S/C35H44N4O3/c1-8-10-22-38(35(41)37-32-25(23(3)4)17-15-18-26(32)24(5)6)29(9-2)33-36-28-19-12-11-16-27(28)34(40)39(33)30-20-13-14-21-31(30)42-7/h11-21,23-24,29H,8-10,22H2,1-7H3,(H,37,41). The molecule has 3 aromatic carbocycles. The van der Waals surface area contributed by atoms with Crippen molar-refractivity contribution in [2.45, 2.75) is 78.7 Å². The van der Waals surface area contributed by atoms with Gasteiger partial charge in [0.1, 0.15) is 11.6 Å². The number of para-hydroxylation sites is 4. The van der Waals surface area contributed by atoms with Crippen LogP contribution in [0.5, 0.6) is 5.75 Å². The van der Waals surface area contributed by atoms with Crippen LogP contribution >= 0.6 is 0 Å². The van der Waals surface area contributed by atoms with E-state index in [1.54, 1.807) is 17.7 Å². The Morgan fingerprint density at radius 1 is 0.929 bits per heavy atom. The molecule has 1 heterocycles. The van der Waals surface area contributed by atoms with Crippen LogP contribution in [0, 0.1) is 0 Å². The molecule has 0 saturated heterocycles. The maximum Gasteiger partial charge on any atom is 0.322 e. The van der Waals surface area contributed by atoms with Crippen molar-refractivity contribution in [2.75, 3.05) is 19.0 Å². The summed E-state index contributed by atoms with van der Waals surface area (Å²) in [6.45, 7) is 13.2. The number of fused-ring (bicyclic) bond motifs is 1. The van der Waals surface area contributed by atoms with Gasteiger partial charge in [0.2, 0.25) is 0 Å². The molecule has 0 bridgehead atoms. The minimum absolute atomic E-state index is 0.193. The number of hydrogen-bond acceptors (Lipinski definition) is 4. The topological polar surface area (TPSA) is 76.5 Å². The minimum atomic E-state index is -0.465. The summed E-state index contributed by atoms with van der Waals surface area (Å²) in [5, 5.41) is 3.83. The van der Waals surface area contributed by atoms with Crippen molar-refractivity contribution >= 4 is 22.6 Å². The molecule has 1 unspecified atom stereocenters. The van der Waals surface area contributed by atoms with Crippen molar-refractivity contribution in [2.24, 2.45) is 0 Å². The van der Waals surface area contributed by atoms with Gasteiger partial charge in [-0.1, -0.05) is 90.4 Å². The summed E-state index contributed by atoms with van der Waals surface area (Å²) in [5.74, 6) is 1.55. The number of carbonyl (C=O) groups is 1. The number of unbranched alkanes of at least 4 members (excludes halogenated alkanes) is 1. The van der Waals surface area contributed by atoms with Gasteiger partial charge in [0.05, 0.1) is 29.7 Å². The van der Waals surface area contributed by atoms with Crippen LogP contribution in [-0.2, 0) is 0 Å². The first kappa shape index (κ1) is 30.8. The lowest BCUT2D eigenvalue weighted by atomic mass is 9.92. The summed E-state index contributed by atoms with van der Waals surface area (Å²) >= 11 is 0. The summed E-state index contributed by atoms with van der Waals surface area (Å²) < 4.78 is 7.31. The number of methoxy groups -OCH3 is 1. The van der Waals surface area contributed by atoms with Crippen molar-refractivity contribution < 1.29 is 9.53 Å². The maximum absolute atomic E-state index is 14.3. The lowest BCUT2D eigenvalue weighted by Crippen LogP contribution is -2.41. The molecular formula is C35H44N4O3. The van der Waals surface area contributed by atoms with E-state index in [-0.39, 0.29) is 23.4 Å². The molecular weight excluding hydrogens is 524 g/mol. The molecule has 4 rings (SSSR count). The zero-order valence-corrected chi connectivity index (χ0v) is 26.0. The van der Waals surface area contributed by atoms with Crippen molar-refractivity contribution in [3.8, 4) is 11.4 Å². The summed E-state index contributed by atoms with van der Waals surface area (Å²) in [5.41, 5.74) is 4.09. The molecule has 2 amide bonds. The lowest BCUT2D eigenvalue weighted by molar-refractivity contribution is 0.180. The largest absolute Gasteiger partial charge is 0.495 e. The fraction of sp³-hybridized carbons (Fsp3) is 0.400. The zero-order valence-electron chi connectivity index (χ0n) is 26.0. The smallest absolute Gasteiger partial charge is 0.322 e. The number of anilines is 1. The van der Waals surface area contributed by atoms with Crippen molar-refractivity contribution in [3.63, 3.8) is 0 Å². The molecule has 0 fully saturated rings. The summed E-state index contributed by atoms with van der Waals surface area (Å²) in [4.78, 5) is 35.4. The van der Waals surface area contributed by atoms with Crippen LogP contribution < -0.4 is 15.6 Å². The molecule has 222 valence electrons. The van der Waals surface area contributed by atoms with Crippen molar-refractivity contribution in [1.29, 1.82) is 0 Å². The molecule has 1 aromatic heterocycles. The van der Waals surface area contributed by atoms with Gasteiger partial charge in [-0.25, -0.2) is 9.78 Å². The van der Waals surface area contributed by atoms with E-state index < -0.39 is 6.04 Å². The number of carbonyl (C=O) groups excluding carboxylic acids is 1. The van der Waals surface area contributed by atoms with Crippen LogP contribution in [0.25, 0.3) is 16.6 Å². The van der Waals surface area contributed by atoms with Gasteiger partial charge in [0.15, 0.2) is 0 Å². The Morgan fingerprint density at radius 2 is 1.57 bits per heavy atom. The number of urea groups is 1. The van der Waals surface area contributed by atoms with Gasteiger partial charge < -0.3 is 15.0 Å². The van der Waals surface area contributed by atoms with E-state index in [2.05, 4.69) is 58.1 Å². The number of hydrogen-bond donors (Lipinski definition) is 1. The second kappa shape index (κ2) is 13.7. The van der Waals surface area contributed by atoms with Crippen LogP contribution in [0.4, 0.5) is 10.5 Å². The van der Waals surface area contributed by atoms with E-state index in [1.807, 2.05) is 54.3 Å². The molecule has 0 spiro atoms. The fourth-order valence-corrected chi connectivity index (χ4v) is 5.56. The third-order valence-corrected chi connectivity index (χ3v) is 7.81. The number of rotatable bonds is 11. The average Bonchev–Trinajstić information content (AvgIpc) is 2.99. The molecule has 0 aliphatic rings. The first-order chi connectivity index (χ1) is 20.2. The first-order valence-corrected chi connectivity index (χ1v) is 15.1. The number of nitrogens with one attached hydrogen (secondary N) is 1. The van der Waals surface area contributed by atoms with Gasteiger partial charge in [0.25, 0.3) is 5.56 Å². The highest BCUT2D eigenvalue weighted by Gasteiger charge is 2.30. The molecule has 4 aromatic rings. The van der Waals surface area contributed by atoms with Crippen LogP contribution in [0.15, 0.2) is 71.5 Å². The number of nitrogens with zero attached hydrogens (tertiary/aromatic N) is 3. The second-order valence-corrected chi connectivity index (χ2v) is 11.3. The van der Waals surface area contributed by atoms with Crippen molar-refractivity contribution in [1.82, 2.24) is 14.5 Å². The highest BCUT2D eigenvalue weighted by Crippen LogP contribution is 2.34. The quantitative estimate of drug-likeness (QED) is 0.197. The predicted molar refractivity (Wildman–Crippen MR) is 172 cm³/mol. The van der Waals surface area contributed by atoms with Gasteiger partial charge in [-0.05, 0) is 60.1 Å². The molecule has 1 atom stereocenters. The molecule has 0 aliphatic heterocycles. The molecule has 7 nitrogen and oxygen atoms in total. The average molecular weight is 569 g/mol. The van der Waals surface area contributed by atoms with Gasteiger partial charge in [0, 0.05) is 12.2 Å². The fourth-order valence-electron chi connectivity index (χ4n) is 5.56. The van der Waals surface area contributed by atoms with Gasteiger partial charge in [-0.2, -0.15) is 0 Å². The Hall–Kier alpha value is -4.13. The van der Waals surface area contributed by atoms with Crippen LogP contribution in [-0.4, -0.2) is 34.1 Å². The SMILES string of the molecule is CCCCN(C(=O)Nc1c(C(C)C)cccc1C(C)C)C(CC)c1nc2ccccc2c(=O)n1-c1ccccc1OC. The maximum atomic E-state index is 14.3. The van der Waals surface area contributed by atoms with Gasteiger partial charge in [-0.3, -0.25) is 9.36 Å². The second-order valence-electron chi connectivity index (χ2n) is 11.3. The number of ether oxygens (including phenoxy) is 1. The summed E-state index contributed by atoms with van der Waals surface area (Å²) in [7, 11) is 1.59. The van der Waals surface area contributed by atoms with E-state index in [0.29, 0.717) is 41.1 Å². The molecule has 1 N–H and O–H groups in total. The molecule has 42 heavy (non-hydrogen) atoms. The molecule has 7 heteroatoms. The zero-order chi connectivity index (χ0) is 30.4. The third kappa shape index (κ3) is 6.20. The minimum Gasteiger partial charge on any atom is -0.495 e. The van der Waals surface area contributed by atoms with Crippen LogP contribution in [0.1, 0.15) is 95.6 Å². The monoisotopic (exact) mass is 568 g/mol. The Kier molecular flexibility index (Phi) is 10.0. The molecule has 0 saturated carbocycles. The highest BCUT2D eigenvalue weighted by molar-refractivity contribution is 5.92. The van der Waals surface area contributed by atoms with Crippen LogP contribution in [0.3, 0.4) is 0 Å². The normalized spacial score (nSPS) is 12.1. The molecule has 0 aliphatic carbocycles. The van der Waals surface area contributed by atoms with Crippen LogP contribution in [0.2, 0.25) is 0 Å². The summed E-state index contributed by atoms with van der Waals surface area (Å²) in [6.07, 6.45) is 2.31. The lowest BCUT2D eigenvalue weighted by Gasteiger charge is -2.33. The number of amides is 2. The van der Waals surface area contributed by atoms with Gasteiger partial charge in [-0.15, -0.1) is 0 Å². The Labute approximate surface area is 249 Å².